The summed E-state index contributed by atoms with van der Waals surface area (Å²) in [6, 6.07) is 25.5. The maximum atomic E-state index is 12.1. The highest BCUT2D eigenvalue weighted by atomic mass is 16.4. The van der Waals surface area contributed by atoms with E-state index in [2.05, 4.69) is 45.2 Å². The summed E-state index contributed by atoms with van der Waals surface area (Å²) in [6.45, 7) is 0. The first-order chi connectivity index (χ1) is 18.5. The van der Waals surface area contributed by atoms with Gasteiger partial charge in [0.15, 0.2) is 0 Å². The van der Waals surface area contributed by atoms with Crippen molar-refractivity contribution in [2.45, 2.75) is 37.8 Å². The molecule has 0 bridgehead atoms. The van der Waals surface area contributed by atoms with Crippen LogP contribution >= 0.6 is 0 Å². The zero-order valence-corrected chi connectivity index (χ0v) is 20.6. The van der Waals surface area contributed by atoms with Gasteiger partial charge in [0, 0.05) is 34.3 Å². The highest BCUT2D eigenvalue weighted by molar-refractivity contribution is 6.15. The van der Waals surface area contributed by atoms with Gasteiger partial charge in [0.2, 0.25) is 0 Å². The molecule has 1 aliphatic rings. The van der Waals surface area contributed by atoms with Gasteiger partial charge in [-0.3, -0.25) is 0 Å². The van der Waals surface area contributed by atoms with E-state index in [1.807, 2.05) is 36.4 Å². The van der Waals surface area contributed by atoms with Gasteiger partial charge in [0.05, 0.1) is 28.4 Å². The molecule has 188 valence electrons. The number of aromatic nitrogens is 2. The number of para-hydroxylation sites is 1. The predicted molar refractivity (Wildman–Crippen MR) is 148 cm³/mol. The largest absolute Gasteiger partial charge is 0.478 e. The van der Waals surface area contributed by atoms with Crippen LogP contribution in [0.3, 0.4) is 0 Å². The van der Waals surface area contributed by atoms with Crippen LogP contribution in [0.25, 0.3) is 38.6 Å². The van der Waals surface area contributed by atoms with E-state index in [9.17, 15) is 15.0 Å². The second-order valence-electron chi connectivity index (χ2n) is 9.78. The van der Waals surface area contributed by atoms with Crippen molar-refractivity contribution in [3.8, 4) is 22.9 Å². The molecule has 7 nitrogen and oxygen atoms in total. The standard InChI is InChI=1S/C31H26N4O3/c32-17-21-9-8-19(18-33-21)24-5-3-7-29-30(24)26-4-1-2-6-28(26)35(29)22-12-15-25(31(37)38)27(16-22)34-20-10-13-23(36)14-11-20/h1-9,12,15-16,18,20,23,34,36H,10-11,13-14H2,(H,37,38)/t20-,23-. The minimum atomic E-state index is -0.979. The second-order valence-corrected chi connectivity index (χ2v) is 9.78. The molecule has 0 saturated heterocycles. The summed E-state index contributed by atoms with van der Waals surface area (Å²) in [7, 11) is 0. The number of pyridine rings is 1. The Morgan fingerprint density at radius 2 is 1.76 bits per heavy atom. The number of aliphatic hydroxyl groups is 1. The van der Waals surface area contributed by atoms with Gasteiger partial charge >= 0.3 is 5.97 Å². The first kappa shape index (κ1) is 23.7. The normalized spacial score (nSPS) is 17.4. The molecule has 38 heavy (non-hydrogen) atoms. The molecule has 1 aliphatic carbocycles. The van der Waals surface area contributed by atoms with E-state index in [4.69, 9.17) is 5.26 Å². The summed E-state index contributed by atoms with van der Waals surface area (Å²) in [5.74, 6) is -0.979. The third kappa shape index (κ3) is 4.15. The molecule has 2 aromatic heterocycles. The zero-order chi connectivity index (χ0) is 26.2. The summed E-state index contributed by atoms with van der Waals surface area (Å²) in [5, 5.41) is 34.5. The van der Waals surface area contributed by atoms with Gasteiger partial charge in [-0.1, -0.05) is 30.3 Å². The van der Waals surface area contributed by atoms with E-state index in [1.54, 1.807) is 18.3 Å². The minimum absolute atomic E-state index is 0.111. The number of fused-ring (bicyclic) bond motifs is 3. The van der Waals surface area contributed by atoms with Crippen molar-refractivity contribution in [2.24, 2.45) is 0 Å². The summed E-state index contributed by atoms with van der Waals surface area (Å²) >= 11 is 0. The maximum absolute atomic E-state index is 12.1. The molecule has 6 rings (SSSR count). The number of carboxylic acid groups (broad SMARTS) is 1. The number of benzene rings is 3. The van der Waals surface area contributed by atoms with Gasteiger partial charge in [-0.15, -0.1) is 0 Å². The van der Waals surface area contributed by atoms with Crippen molar-refractivity contribution in [1.29, 1.82) is 5.26 Å². The molecule has 0 spiro atoms. The van der Waals surface area contributed by atoms with E-state index >= 15 is 0 Å². The van der Waals surface area contributed by atoms with Crippen LogP contribution in [0.2, 0.25) is 0 Å². The first-order valence-electron chi connectivity index (χ1n) is 12.7. The molecule has 1 fully saturated rings. The maximum Gasteiger partial charge on any atom is 0.337 e. The molecule has 5 aromatic rings. The number of hydrogen-bond acceptors (Lipinski definition) is 5. The Labute approximate surface area is 219 Å². The van der Waals surface area contributed by atoms with Crippen LogP contribution in [0, 0.1) is 11.3 Å². The predicted octanol–water partition coefficient (Wildman–Crippen LogP) is 6.13. The van der Waals surface area contributed by atoms with E-state index < -0.39 is 5.97 Å². The highest BCUT2D eigenvalue weighted by Crippen LogP contribution is 2.39. The monoisotopic (exact) mass is 502 g/mol. The first-order valence-corrected chi connectivity index (χ1v) is 12.7. The van der Waals surface area contributed by atoms with Crippen molar-refractivity contribution in [3.05, 3.63) is 90.3 Å². The lowest BCUT2D eigenvalue weighted by atomic mass is 9.92. The van der Waals surface area contributed by atoms with Crippen molar-refractivity contribution >= 4 is 33.5 Å². The van der Waals surface area contributed by atoms with Crippen LogP contribution in [0.4, 0.5) is 5.69 Å². The van der Waals surface area contributed by atoms with E-state index in [-0.39, 0.29) is 17.7 Å². The molecule has 1 saturated carbocycles. The van der Waals surface area contributed by atoms with Crippen LogP contribution in [-0.2, 0) is 0 Å². The SMILES string of the molecule is N#Cc1ccc(-c2cccc3c2c2ccccc2n3-c2ccc(C(=O)O)c(N[C@H]3CC[C@H](O)CC3)c2)cn1. The minimum Gasteiger partial charge on any atom is -0.478 e. The van der Waals surface area contributed by atoms with Crippen molar-refractivity contribution in [2.75, 3.05) is 5.32 Å². The van der Waals surface area contributed by atoms with E-state index in [0.717, 1.165) is 51.5 Å². The quantitative estimate of drug-likeness (QED) is 0.267. The van der Waals surface area contributed by atoms with Gasteiger partial charge in [0.1, 0.15) is 11.8 Å². The Morgan fingerprint density at radius 3 is 2.50 bits per heavy atom. The third-order valence-corrected chi connectivity index (χ3v) is 7.43. The smallest absolute Gasteiger partial charge is 0.337 e. The lowest BCUT2D eigenvalue weighted by Gasteiger charge is -2.28. The topological polar surface area (TPSA) is 111 Å². The molecular weight excluding hydrogens is 476 g/mol. The number of anilines is 1. The fourth-order valence-electron chi connectivity index (χ4n) is 5.57. The van der Waals surface area contributed by atoms with Gasteiger partial charge in [-0.2, -0.15) is 5.26 Å². The molecule has 7 heteroatoms. The van der Waals surface area contributed by atoms with E-state index in [1.165, 1.54) is 0 Å². The molecule has 2 heterocycles. The number of nitriles is 1. The average Bonchev–Trinajstić information content (AvgIpc) is 3.29. The van der Waals surface area contributed by atoms with Crippen molar-refractivity contribution < 1.29 is 15.0 Å². The summed E-state index contributed by atoms with van der Waals surface area (Å²) in [6.07, 6.45) is 4.45. The average molecular weight is 503 g/mol. The molecular formula is C31H26N4O3. The molecule has 3 N–H and O–H groups in total. The van der Waals surface area contributed by atoms with E-state index in [0.29, 0.717) is 24.2 Å². The number of carboxylic acids is 1. The van der Waals surface area contributed by atoms with Crippen LogP contribution in [0.15, 0.2) is 79.0 Å². The number of nitrogens with one attached hydrogen (secondary N) is 1. The van der Waals surface area contributed by atoms with Gasteiger partial charge in [-0.25, -0.2) is 9.78 Å². The second kappa shape index (κ2) is 9.66. The van der Waals surface area contributed by atoms with Crippen LogP contribution in [-0.4, -0.2) is 37.9 Å². The number of aromatic carboxylic acids is 1. The Balaban J connectivity index is 1.53. The Hall–Kier alpha value is -4.67. The van der Waals surface area contributed by atoms with Crippen LogP contribution in [0.5, 0.6) is 0 Å². The summed E-state index contributed by atoms with van der Waals surface area (Å²) in [4.78, 5) is 16.3. The zero-order valence-electron chi connectivity index (χ0n) is 20.6. The molecule has 0 radical (unpaired) electrons. The highest BCUT2D eigenvalue weighted by Gasteiger charge is 2.22. The number of rotatable bonds is 5. The van der Waals surface area contributed by atoms with Crippen molar-refractivity contribution in [1.82, 2.24) is 9.55 Å². The number of aliphatic hydroxyl groups excluding tert-OH is 1. The lowest BCUT2D eigenvalue weighted by molar-refractivity contribution is 0.0697. The fraction of sp³-hybridized carbons (Fsp3) is 0.194. The Bertz CT molecular complexity index is 1710. The fourth-order valence-corrected chi connectivity index (χ4v) is 5.57. The molecule has 3 aromatic carbocycles. The Morgan fingerprint density at radius 1 is 0.974 bits per heavy atom. The third-order valence-electron chi connectivity index (χ3n) is 7.43. The van der Waals surface area contributed by atoms with Crippen molar-refractivity contribution in [3.63, 3.8) is 0 Å². The Kier molecular flexibility index (Phi) is 6.02. The van der Waals surface area contributed by atoms with Crippen LogP contribution < -0.4 is 5.32 Å². The molecule has 0 aliphatic heterocycles. The number of carbonyl (C=O) groups is 1. The lowest BCUT2D eigenvalue weighted by Crippen LogP contribution is -2.28. The molecule has 0 atom stereocenters. The van der Waals surface area contributed by atoms with Gasteiger partial charge in [-0.05, 0) is 73.7 Å². The molecule has 0 amide bonds. The van der Waals surface area contributed by atoms with Crippen LogP contribution in [0.1, 0.15) is 41.7 Å². The van der Waals surface area contributed by atoms with Gasteiger partial charge < -0.3 is 20.1 Å². The summed E-state index contributed by atoms with van der Waals surface area (Å²) in [5.41, 5.74) is 5.95. The summed E-state index contributed by atoms with van der Waals surface area (Å²) < 4.78 is 2.16. The number of nitrogens with zero attached hydrogens (tertiary/aromatic N) is 3. The molecule has 0 unspecified atom stereocenters. The van der Waals surface area contributed by atoms with Gasteiger partial charge in [0.25, 0.3) is 0 Å². The number of hydrogen-bond donors (Lipinski definition) is 3.